The summed E-state index contributed by atoms with van der Waals surface area (Å²) in [6.07, 6.45) is 1.99. The summed E-state index contributed by atoms with van der Waals surface area (Å²) in [7, 11) is 4.14. The van der Waals surface area contributed by atoms with Crippen LogP contribution < -0.4 is 10.5 Å². The van der Waals surface area contributed by atoms with E-state index in [9.17, 15) is 0 Å². The monoisotopic (exact) mass is 222 g/mol. The van der Waals surface area contributed by atoms with Crippen molar-refractivity contribution in [2.45, 2.75) is 19.8 Å². The number of hydrogen-bond acceptors (Lipinski definition) is 3. The van der Waals surface area contributed by atoms with Crippen LogP contribution in [0.1, 0.15) is 18.9 Å². The highest BCUT2D eigenvalue weighted by Gasteiger charge is 2.00. The lowest BCUT2D eigenvalue weighted by Gasteiger charge is -2.11. The molecule has 3 heteroatoms. The van der Waals surface area contributed by atoms with Crippen LogP contribution in [-0.2, 0) is 6.42 Å². The molecule has 0 atom stereocenters. The molecule has 0 aliphatic rings. The van der Waals surface area contributed by atoms with Gasteiger partial charge in [0.15, 0.2) is 0 Å². The second-order valence-corrected chi connectivity index (χ2v) is 4.22. The van der Waals surface area contributed by atoms with Gasteiger partial charge in [-0.1, -0.05) is 6.92 Å². The minimum absolute atomic E-state index is 0.755. The van der Waals surface area contributed by atoms with Gasteiger partial charge in [0.25, 0.3) is 0 Å². The molecule has 0 radical (unpaired) electrons. The van der Waals surface area contributed by atoms with Crippen LogP contribution >= 0.6 is 0 Å². The van der Waals surface area contributed by atoms with E-state index >= 15 is 0 Å². The lowest BCUT2D eigenvalue weighted by molar-refractivity contribution is 0.281. The van der Waals surface area contributed by atoms with Crippen LogP contribution in [0, 0.1) is 0 Å². The molecule has 0 amide bonds. The van der Waals surface area contributed by atoms with E-state index in [1.807, 2.05) is 18.2 Å². The van der Waals surface area contributed by atoms with Gasteiger partial charge in [0, 0.05) is 12.2 Å². The molecule has 2 N–H and O–H groups in total. The van der Waals surface area contributed by atoms with Crippen LogP contribution in [0.4, 0.5) is 5.69 Å². The average Bonchev–Trinajstić information content (AvgIpc) is 2.26. The summed E-state index contributed by atoms with van der Waals surface area (Å²) < 4.78 is 5.67. The van der Waals surface area contributed by atoms with Gasteiger partial charge in [0.05, 0.1) is 6.61 Å². The molecule has 0 spiro atoms. The molecule has 0 fully saturated rings. The Bertz CT molecular complexity index is 324. The second kappa shape index (κ2) is 6.38. The predicted octanol–water partition coefficient (Wildman–Crippen LogP) is 2.16. The second-order valence-electron chi connectivity index (χ2n) is 4.22. The Hall–Kier alpha value is -1.22. The molecule has 0 bridgehead atoms. The first-order chi connectivity index (χ1) is 7.63. The Morgan fingerprint density at radius 3 is 2.69 bits per heavy atom. The molecule has 90 valence electrons. The van der Waals surface area contributed by atoms with E-state index < -0.39 is 0 Å². The van der Waals surface area contributed by atoms with E-state index in [1.165, 1.54) is 0 Å². The van der Waals surface area contributed by atoms with Gasteiger partial charge in [-0.2, -0.15) is 0 Å². The van der Waals surface area contributed by atoms with Crippen molar-refractivity contribution in [3.8, 4) is 5.75 Å². The quantitative estimate of drug-likeness (QED) is 0.592. The van der Waals surface area contributed by atoms with Crippen molar-refractivity contribution < 1.29 is 4.74 Å². The summed E-state index contributed by atoms with van der Waals surface area (Å²) in [5.74, 6) is 0.921. The van der Waals surface area contributed by atoms with Gasteiger partial charge in [0.1, 0.15) is 5.75 Å². The van der Waals surface area contributed by atoms with Gasteiger partial charge in [0.2, 0.25) is 0 Å². The number of aryl methyl sites for hydroxylation is 1. The maximum atomic E-state index is 5.83. The maximum Gasteiger partial charge on any atom is 0.119 e. The largest absolute Gasteiger partial charge is 0.494 e. The highest BCUT2D eigenvalue weighted by atomic mass is 16.5. The molecular formula is C13H22N2O. The van der Waals surface area contributed by atoms with Gasteiger partial charge >= 0.3 is 0 Å². The molecule has 1 rings (SSSR count). The molecule has 0 aliphatic carbocycles. The van der Waals surface area contributed by atoms with Crippen molar-refractivity contribution in [2.24, 2.45) is 0 Å². The summed E-state index contributed by atoms with van der Waals surface area (Å²) in [4.78, 5) is 2.16. The van der Waals surface area contributed by atoms with Crippen LogP contribution in [0.5, 0.6) is 5.75 Å². The first kappa shape index (κ1) is 12.8. The van der Waals surface area contributed by atoms with Crippen molar-refractivity contribution in [3.05, 3.63) is 23.8 Å². The fourth-order valence-corrected chi connectivity index (χ4v) is 1.55. The molecular weight excluding hydrogens is 200 g/mol. The minimum Gasteiger partial charge on any atom is -0.494 e. The molecule has 3 nitrogen and oxygen atoms in total. The summed E-state index contributed by atoms with van der Waals surface area (Å²) >= 11 is 0. The van der Waals surface area contributed by atoms with Crippen molar-refractivity contribution in [1.29, 1.82) is 0 Å². The SMILES string of the molecule is CCc1cc(OCCCN(C)C)ccc1N. The third-order valence-electron chi connectivity index (χ3n) is 2.51. The van der Waals surface area contributed by atoms with E-state index in [4.69, 9.17) is 10.5 Å². The van der Waals surface area contributed by atoms with Gasteiger partial charge in [-0.05, 0) is 50.7 Å². The fourth-order valence-electron chi connectivity index (χ4n) is 1.55. The number of benzene rings is 1. The van der Waals surface area contributed by atoms with Crippen LogP contribution in [0.25, 0.3) is 0 Å². The van der Waals surface area contributed by atoms with Gasteiger partial charge in [-0.25, -0.2) is 0 Å². The number of ether oxygens (including phenoxy) is 1. The third kappa shape index (κ3) is 4.11. The number of nitrogens with two attached hydrogens (primary N) is 1. The zero-order chi connectivity index (χ0) is 12.0. The normalized spacial score (nSPS) is 10.8. The van der Waals surface area contributed by atoms with Crippen LogP contribution in [0.2, 0.25) is 0 Å². The number of nitrogens with zero attached hydrogens (tertiary/aromatic N) is 1. The third-order valence-corrected chi connectivity index (χ3v) is 2.51. The number of rotatable bonds is 6. The molecule has 16 heavy (non-hydrogen) atoms. The maximum absolute atomic E-state index is 5.83. The van der Waals surface area contributed by atoms with Gasteiger partial charge in [-0.15, -0.1) is 0 Å². The molecule has 0 heterocycles. The summed E-state index contributed by atoms with van der Waals surface area (Å²) in [5, 5.41) is 0. The zero-order valence-electron chi connectivity index (χ0n) is 10.5. The Labute approximate surface area is 98.2 Å². The van der Waals surface area contributed by atoms with Crippen LogP contribution in [0.15, 0.2) is 18.2 Å². The lowest BCUT2D eigenvalue weighted by atomic mass is 10.1. The Kier molecular flexibility index (Phi) is 5.12. The first-order valence-corrected chi connectivity index (χ1v) is 5.79. The standard InChI is InChI=1S/C13H22N2O/c1-4-11-10-12(6-7-13(11)14)16-9-5-8-15(2)3/h6-7,10H,4-5,8-9,14H2,1-3H3. The molecule has 0 unspecified atom stereocenters. The van der Waals surface area contributed by atoms with E-state index in [1.54, 1.807) is 0 Å². The Morgan fingerprint density at radius 1 is 1.31 bits per heavy atom. The van der Waals surface area contributed by atoms with Crippen molar-refractivity contribution in [2.75, 3.05) is 33.0 Å². The van der Waals surface area contributed by atoms with Crippen molar-refractivity contribution >= 4 is 5.69 Å². The van der Waals surface area contributed by atoms with Gasteiger partial charge < -0.3 is 15.4 Å². The smallest absolute Gasteiger partial charge is 0.119 e. The average molecular weight is 222 g/mol. The van der Waals surface area contributed by atoms with Gasteiger partial charge in [-0.3, -0.25) is 0 Å². The van der Waals surface area contributed by atoms with Crippen LogP contribution in [0.3, 0.4) is 0 Å². The van der Waals surface area contributed by atoms with E-state index in [0.29, 0.717) is 0 Å². The molecule has 0 aromatic heterocycles. The molecule has 0 aliphatic heterocycles. The summed E-state index contributed by atoms with van der Waals surface area (Å²) in [6.45, 7) is 3.91. The lowest BCUT2D eigenvalue weighted by Crippen LogP contribution is -2.15. The summed E-state index contributed by atoms with van der Waals surface area (Å²) in [6, 6.07) is 5.88. The highest BCUT2D eigenvalue weighted by Crippen LogP contribution is 2.20. The highest BCUT2D eigenvalue weighted by molar-refractivity contribution is 5.50. The fraction of sp³-hybridized carbons (Fsp3) is 0.538. The van der Waals surface area contributed by atoms with E-state index in [2.05, 4.69) is 25.9 Å². The molecule has 1 aromatic rings. The van der Waals surface area contributed by atoms with Crippen molar-refractivity contribution in [3.63, 3.8) is 0 Å². The molecule has 1 aromatic carbocycles. The number of nitrogen functional groups attached to an aromatic ring is 1. The first-order valence-electron chi connectivity index (χ1n) is 5.79. The molecule has 0 saturated carbocycles. The number of hydrogen-bond donors (Lipinski definition) is 1. The predicted molar refractivity (Wildman–Crippen MR) is 68.9 cm³/mol. The number of anilines is 1. The zero-order valence-corrected chi connectivity index (χ0v) is 10.5. The van der Waals surface area contributed by atoms with E-state index in [0.717, 1.165) is 43.0 Å². The topological polar surface area (TPSA) is 38.5 Å². The summed E-state index contributed by atoms with van der Waals surface area (Å²) in [5.41, 5.74) is 7.84. The van der Waals surface area contributed by atoms with Crippen LogP contribution in [-0.4, -0.2) is 32.1 Å². The van der Waals surface area contributed by atoms with Crippen molar-refractivity contribution in [1.82, 2.24) is 4.90 Å². The Balaban J connectivity index is 2.42. The van der Waals surface area contributed by atoms with E-state index in [-0.39, 0.29) is 0 Å². The Morgan fingerprint density at radius 2 is 2.06 bits per heavy atom. The minimum atomic E-state index is 0.755. The molecule has 0 saturated heterocycles.